The average molecular weight is 481 g/mol. The molecule has 9 heteroatoms. The van der Waals surface area contributed by atoms with Crippen molar-refractivity contribution in [3.8, 4) is 0 Å². The third-order valence-electron chi connectivity index (χ3n) is 5.07. The maximum absolute atomic E-state index is 12.7. The van der Waals surface area contributed by atoms with Crippen molar-refractivity contribution in [1.82, 2.24) is 10.3 Å². The smallest absolute Gasteiger partial charge is 0.319 e. The molecular weight excluding hydrogens is 456 g/mol. The van der Waals surface area contributed by atoms with Gasteiger partial charge in [-0.05, 0) is 56.2 Å². The minimum atomic E-state index is -3.74. The molecule has 1 heterocycles. The second-order valence-corrected chi connectivity index (χ2v) is 10.6. The summed E-state index contributed by atoms with van der Waals surface area (Å²) in [6.07, 6.45) is 0. The Morgan fingerprint density at radius 3 is 2.24 bits per heavy atom. The van der Waals surface area contributed by atoms with Crippen molar-refractivity contribution < 1.29 is 13.2 Å². The quantitative estimate of drug-likeness (QED) is 0.347. The van der Waals surface area contributed by atoms with E-state index >= 15 is 0 Å². The molecule has 0 atom stereocenters. The summed E-state index contributed by atoms with van der Waals surface area (Å²) in [5.74, 6) is 0. The van der Waals surface area contributed by atoms with E-state index < -0.39 is 10.0 Å². The third-order valence-corrected chi connectivity index (χ3v) is 7.47. The average Bonchev–Trinajstić information content (AvgIpc) is 3.16. The van der Waals surface area contributed by atoms with Crippen LogP contribution >= 0.6 is 11.3 Å². The summed E-state index contributed by atoms with van der Waals surface area (Å²) in [6.45, 7) is 6.20. The Balaban J connectivity index is 1.47. The van der Waals surface area contributed by atoms with E-state index in [4.69, 9.17) is 0 Å². The fourth-order valence-electron chi connectivity index (χ4n) is 3.27. The van der Waals surface area contributed by atoms with Gasteiger partial charge in [-0.3, -0.25) is 4.72 Å². The monoisotopic (exact) mass is 480 g/mol. The number of thiazole rings is 1. The Labute approximate surface area is 196 Å². The molecule has 2 amide bonds. The maximum Gasteiger partial charge on any atom is 0.319 e. The minimum absolute atomic E-state index is 0.177. The highest BCUT2D eigenvalue weighted by Crippen LogP contribution is 2.32. The fourth-order valence-corrected chi connectivity index (χ4v) is 5.49. The van der Waals surface area contributed by atoms with E-state index in [0.717, 1.165) is 27.0 Å². The van der Waals surface area contributed by atoms with E-state index in [2.05, 4.69) is 20.3 Å². The first-order valence-electron chi connectivity index (χ1n) is 10.3. The number of amides is 2. The molecule has 0 fully saturated rings. The highest BCUT2D eigenvalue weighted by molar-refractivity contribution is 7.93. The molecule has 3 aromatic carbocycles. The highest BCUT2D eigenvalue weighted by atomic mass is 32.2. The van der Waals surface area contributed by atoms with Crippen molar-refractivity contribution in [2.24, 2.45) is 0 Å². The maximum atomic E-state index is 12.7. The van der Waals surface area contributed by atoms with Gasteiger partial charge in [0.15, 0.2) is 5.13 Å². The second-order valence-electron chi connectivity index (χ2n) is 7.87. The van der Waals surface area contributed by atoms with Crippen molar-refractivity contribution in [2.45, 2.75) is 32.2 Å². The van der Waals surface area contributed by atoms with Gasteiger partial charge in [0.25, 0.3) is 10.0 Å². The lowest BCUT2D eigenvalue weighted by molar-refractivity contribution is 0.251. The Morgan fingerprint density at radius 2 is 1.58 bits per heavy atom. The normalized spacial score (nSPS) is 11.4. The van der Waals surface area contributed by atoms with Gasteiger partial charge in [0.05, 0.1) is 15.1 Å². The van der Waals surface area contributed by atoms with Crippen LogP contribution in [0.3, 0.4) is 0 Å². The molecule has 33 heavy (non-hydrogen) atoms. The van der Waals surface area contributed by atoms with Gasteiger partial charge < -0.3 is 10.6 Å². The molecule has 4 aromatic rings. The number of rotatable bonds is 6. The van der Waals surface area contributed by atoms with Gasteiger partial charge in [0.1, 0.15) is 0 Å². The molecule has 170 valence electrons. The van der Waals surface area contributed by atoms with Crippen molar-refractivity contribution in [3.63, 3.8) is 0 Å². The minimum Gasteiger partial charge on any atom is -0.334 e. The van der Waals surface area contributed by atoms with Crippen LogP contribution in [0.2, 0.25) is 0 Å². The number of carbonyl (C=O) groups is 1. The molecule has 0 aliphatic rings. The molecule has 3 N–H and O–H groups in total. The number of urea groups is 1. The van der Waals surface area contributed by atoms with E-state index in [0.29, 0.717) is 17.7 Å². The van der Waals surface area contributed by atoms with Crippen LogP contribution in [0.5, 0.6) is 0 Å². The van der Waals surface area contributed by atoms with Crippen LogP contribution in [0.15, 0.2) is 65.6 Å². The molecule has 0 radical (unpaired) electrons. The number of sulfonamides is 1. The summed E-state index contributed by atoms with van der Waals surface area (Å²) >= 11 is 1.22. The van der Waals surface area contributed by atoms with Crippen LogP contribution in [0, 0.1) is 20.8 Å². The number of nitrogens with one attached hydrogen (secondary N) is 3. The lowest BCUT2D eigenvalue weighted by atomic mass is 10.1. The molecule has 0 aliphatic carbocycles. The zero-order valence-corrected chi connectivity index (χ0v) is 20.1. The number of carbonyl (C=O) groups excluding carboxylic acids is 1. The van der Waals surface area contributed by atoms with E-state index in [1.807, 2.05) is 51.1 Å². The molecule has 7 nitrogen and oxygen atoms in total. The van der Waals surface area contributed by atoms with Crippen LogP contribution in [0.25, 0.3) is 10.2 Å². The predicted octanol–water partition coefficient (Wildman–Crippen LogP) is 5.34. The fraction of sp³-hybridized carbons (Fsp3) is 0.167. The Kier molecular flexibility index (Phi) is 6.35. The molecule has 0 aliphatic heterocycles. The third kappa shape index (κ3) is 5.50. The van der Waals surface area contributed by atoms with Crippen LogP contribution in [0.4, 0.5) is 15.6 Å². The van der Waals surface area contributed by atoms with Crippen LogP contribution in [0.1, 0.15) is 22.3 Å². The zero-order chi connectivity index (χ0) is 23.6. The molecule has 0 bridgehead atoms. The van der Waals surface area contributed by atoms with Crippen molar-refractivity contribution in [3.05, 3.63) is 82.9 Å². The predicted molar refractivity (Wildman–Crippen MR) is 133 cm³/mol. The van der Waals surface area contributed by atoms with Gasteiger partial charge in [0.2, 0.25) is 0 Å². The number of nitrogens with zero attached hydrogens (tertiary/aromatic N) is 1. The van der Waals surface area contributed by atoms with Gasteiger partial charge >= 0.3 is 6.03 Å². The summed E-state index contributed by atoms with van der Waals surface area (Å²) in [6, 6.07) is 17.9. The number of benzene rings is 3. The van der Waals surface area contributed by atoms with Gasteiger partial charge in [-0.25, -0.2) is 18.2 Å². The van der Waals surface area contributed by atoms with Gasteiger partial charge in [0, 0.05) is 12.2 Å². The van der Waals surface area contributed by atoms with E-state index in [-0.39, 0.29) is 16.1 Å². The van der Waals surface area contributed by atoms with E-state index in [1.54, 1.807) is 30.3 Å². The molecule has 0 saturated carbocycles. The molecule has 0 spiro atoms. The summed E-state index contributed by atoms with van der Waals surface area (Å²) in [5.41, 5.74) is 5.28. The Bertz CT molecular complexity index is 1410. The second kappa shape index (κ2) is 9.21. The number of hydrogen-bond acceptors (Lipinski definition) is 5. The number of aromatic nitrogens is 1. The summed E-state index contributed by atoms with van der Waals surface area (Å²) in [7, 11) is -3.74. The van der Waals surface area contributed by atoms with Gasteiger partial charge in [-0.15, -0.1) is 0 Å². The lowest BCUT2D eigenvalue weighted by Crippen LogP contribution is -2.28. The number of hydrogen-bond donors (Lipinski definition) is 3. The van der Waals surface area contributed by atoms with E-state index in [9.17, 15) is 13.2 Å². The first-order valence-corrected chi connectivity index (χ1v) is 12.6. The Hall–Kier alpha value is -3.43. The summed E-state index contributed by atoms with van der Waals surface area (Å²) in [4.78, 5) is 17.0. The number of aryl methyl sites for hydroxylation is 3. The standard InChI is InChI=1S/C24H24N4O3S2/c1-15-4-8-18(9-5-15)14-25-23(29)26-19-12-17(3)22-21(13-19)32-24(27-22)28-33(30,31)20-10-6-16(2)7-11-20/h4-13H,14H2,1-3H3,(H,27,28)(H2,25,26,29). The van der Waals surface area contributed by atoms with E-state index in [1.165, 1.54) is 11.3 Å². The SMILES string of the molecule is Cc1ccc(CNC(=O)Nc2cc(C)c3nc(NS(=O)(=O)c4ccc(C)cc4)sc3c2)cc1. The van der Waals surface area contributed by atoms with Gasteiger partial charge in [-0.2, -0.15) is 0 Å². The first kappa shape index (κ1) is 22.8. The molecular formula is C24H24N4O3S2. The van der Waals surface area contributed by atoms with Crippen LogP contribution in [-0.2, 0) is 16.6 Å². The molecule has 4 rings (SSSR count). The molecule has 1 aromatic heterocycles. The van der Waals surface area contributed by atoms with Crippen molar-refractivity contribution >= 4 is 48.4 Å². The Morgan fingerprint density at radius 1 is 0.939 bits per heavy atom. The van der Waals surface area contributed by atoms with Crippen molar-refractivity contribution in [1.29, 1.82) is 0 Å². The number of fused-ring (bicyclic) bond motifs is 1. The largest absolute Gasteiger partial charge is 0.334 e. The zero-order valence-electron chi connectivity index (χ0n) is 18.5. The first-order chi connectivity index (χ1) is 15.7. The topological polar surface area (TPSA) is 100 Å². The van der Waals surface area contributed by atoms with Crippen molar-refractivity contribution in [2.75, 3.05) is 10.0 Å². The highest BCUT2D eigenvalue weighted by Gasteiger charge is 2.17. The summed E-state index contributed by atoms with van der Waals surface area (Å²) in [5, 5.41) is 5.95. The molecule has 0 saturated heterocycles. The van der Waals surface area contributed by atoms with Gasteiger partial charge in [-0.1, -0.05) is 58.9 Å². The summed E-state index contributed by atoms with van der Waals surface area (Å²) < 4.78 is 28.7. The lowest BCUT2D eigenvalue weighted by Gasteiger charge is -2.09. The number of anilines is 2. The molecule has 0 unspecified atom stereocenters. The van der Waals surface area contributed by atoms with Crippen LogP contribution in [-0.4, -0.2) is 19.4 Å². The van der Waals surface area contributed by atoms with Crippen LogP contribution < -0.4 is 15.4 Å².